The first kappa shape index (κ1) is 19.0. The minimum absolute atomic E-state index is 0.142. The Hall–Kier alpha value is -3.38. The highest BCUT2D eigenvalue weighted by molar-refractivity contribution is 5.84. The number of nitrogens with zero attached hydrogens (tertiary/aromatic N) is 3. The number of carbonyl (C=O) groups excluding carboxylic acids is 1. The van der Waals surface area contributed by atoms with E-state index in [4.69, 9.17) is 5.73 Å². The van der Waals surface area contributed by atoms with Crippen molar-refractivity contribution in [3.63, 3.8) is 0 Å². The van der Waals surface area contributed by atoms with Gasteiger partial charge in [-0.3, -0.25) is 4.79 Å². The van der Waals surface area contributed by atoms with E-state index in [-0.39, 0.29) is 11.9 Å². The monoisotopic (exact) mass is 387 g/mol. The summed E-state index contributed by atoms with van der Waals surface area (Å²) in [6.45, 7) is 3.47. The second-order valence-corrected chi connectivity index (χ2v) is 7.19. The lowest BCUT2D eigenvalue weighted by Crippen LogP contribution is -2.19. The smallest absolute Gasteiger partial charge is 0.219 e. The van der Waals surface area contributed by atoms with Gasteiger partial charge in [0, 0.05) is 55.0 Å². The zero-order valence-electron chi connectivity index (χ0n) is 16.5. The van der Waals surface area contributed by atoms with Crippen LogP contribution in [-0.4, -0.2) is 20.3 Å². The quantitative estimate of drug-likeness (QED) is 0.485. The van der Waals surface area contributed by atoms with Gasteiger partial charge in [0.1, 0.15) is 0 Å². The Bertz CT molecular complexity index is 1110. The maximum absolute atomic E-state index is 11.2. The van der Waals surface area contributed by atoms with Gasteiger partial charge in [-0.15, -0.1) is 0 Å². The number of amides is 1. The standard InChI is InChI=1S/C23H25N5O/c1-17(19-7-2-5-10-22(19)28-13-6-12-26-28)25-15-18-16-27(14-11-23(24)29)21-9-4-3-8-20(18)21/h2-10,12-13,16-17,25H,11,14-15H2,1H3,(H2,24,29)/t17-/m1/s1. The number of benzene rings is 2. The number of hydrogen-bond donors (Lipinski definition) is 2. The van der Waals surface area contributed by atoms with Gasteiger partial charge in [-0.05, 0) is 36.2 Å². The van der Waals surface area contributed by atoms with Crippen LogP contribution in [0.3, 0.4) is 0 Å². The molecule has 0 bridgehead atoms. The Morgan fingerprint density at radius 1 is 1.14 bits per heavy atom. The summed E-state index contributed by atoms with van der Waals surface area (Å²) in [4.78, 5) is 11.2. The van der Waals surface area contributed by atoms with E-state index in [0.717, 1.165) is 17.7 Å². The highest BCUT2D eigenvalue weighted by Crippen LogP contribution is 2.24. The van der Waals surface area contributed by atoms with Crippen molar-refractivity contribution >= 4 is 16.8 Å². The van der Waals surface area contributed by atoms with E-state index < -0.39 is 0 Å². The van der Waals surface area contributed by atoms with Crippen molar-refractivity contribution in [1.29, 1.82) is 0 Å². The van der Waals surface area contributed by atoms with Crippen molar-refractivity contribution in [3.8, 4) is 5.69 Å². The Kier molecular flexibility index (Phi) is 5.44. The van der Waals surface area contributed by atoms with Crippen LogP contribution in [0.2, 0.25) is 0 Å². The average Bonchev–Trinajstić information content (AvgIpc) is 3.39. The van der Waals surface area contributed by atoms with Gasteiger partial charge < -0.3 is 15.6 Å². The summed E-state index contributed by atoms with van der Waals surface area (Å²) in [5.41, 5.74) is 9.92. The Morgan fingerprint density at radius 2 is 1.93 bits per heavy atom. The van der Waals surface area contributed by atoms with Crippen LogP contribution in [0.25, 0.3) is 16.6 Å². The molecule has 6 nitrogen and oxygen atoms in total. The van der Waals surface area contributed by atoms with Gasteiger partial charge >= 0.3 is 0 Å². The molecule has 1 atom stereocenters. The number of fused-ring (bicyclic) bond motifs is 1. The number of primary amides is 1. The minimum atomic E-state index is -0.286. The topological polar surface area (TPSA) is 77.9 Å². The van der Waals surface area contributed by atoms with Crippen molar-refractivity contribution in [2.24, 2.45) is 5.73 Å². The van der Waals surface area contributed by atoms with Gasteiger partial charge in [0.25, 0.3) is 0 Å². The first-order valence-corrected chi connectivity index (χ1v) is 9.81. The molecule has 0 aliphatic carbocycles. The highest BCUT2D eigenvalue weighted by atomic mass is 16.1. The molecule has 0 saturated carbocycles. The number of carbonyl (C=O) groups is 1. The van der Waals surface area contributed by atoms with Gasteiger partial charge in [0.2, 0.25) is 5.91 Å². The second kappa shape index (κ2) is 8.32. The number of para-hydroxylation sites is 2. The third-order valence-electron chi connectivity index (χ3n) is 5.22. The fraction of sp³-hybridized carbons (Fsp3) is 0.217. The lowest BCUT2D eigenvalue weighted by molar-refractivity contribution is -0.118. The number of aryl methyl sites for hydroxylation is 1. The van der Waals surface area contributed by atoms with E-state index in [0.29, 0.717) is 13.0 Å². The fourth-order valence-corrected chi connectivity index (χ4v) is 3.73. The molecule has 0 spiro atoms. The first-order chi connectivity index (χ1) is 14.1. The zero-order valence-corrected chi connectivity index (χ0v) is 16.5. The summed E-state index contributed by atoms with van der Waals surface area (Å²) < 4.78 is 4.00. The molecule has 0 fully saturated rings. The zero-order chi connectivity index (χ0) is 20.2. The van der Waals surface area contributed by atoms with Crippen molar-refractivity contribution in [3.05, 3.63) is 84.3 Å². The predicted octanol–water partition coefficient (Wildman–Crippen LogP) is 3.55. The van der Waals surface area contributed by atoms with Crippen molar-refractivity contribution in [2.75, 3.05) is 0 Å². The normalized spacial score (nSPS) is 12.3. The molecule has 0 aliphatic rings. The van der Waals surface area contributed by atoms with Crippen LogP contribution >= 0.6 is 0 Å². The van der Waals surface area contributed by atoms with Crippen LogP contribution in [0.5, 0.6) is 0 Å². The number of aromatic nitrogens is 3. The van der Waals surface area contributed by atoms with Crippen molar-refractivity contribution < 1.29 is 4.79 Å². The molecule has 3 N–H and O–H groups in total. The summed E-state index contributed by atoms with van der Waals surface area (Å²) >= 11 is 0. The molecular weight excluding hydrogens is 362 g/mol. The third-order valence-corrected chi connectivity index (χ3v) is 5.22. The van der Waals surface area contributed by atoms with Crippen LogP contribution < -0.4 is 11.1 Å². The molecule has 2 aromatic heterocycles. The van der Waals surface area contributed by atoms with Crippen LogP contribution in [0, 0.1) is 0 Å². The van der Waals surface area contributed by atoms with Gasteiger partial charge in [-0.1, -0.05) is 36.4 Å². The van der Waals surface area contributed by atoms with Gasteiger partial charge in [-0.25, -0.2) is 4.68 Å². The molecule has 148 valence electrons. The first-order valence-electron chi connectivity index (χ1n) is 9.81. The average molecular weight is 387 g/mol. The van der Waals surface area contributed by atoms with Crippen LogP contribution in [0.15, 0.2) is 73.2 Å². The van der Waals surface area contributed by atoms with Crippen LogP contribution in [-0.2, 0) is 17.9 Å². The molecule has 6 heteroatoms. The Labute approximate surface area is 169 Å². The van der Waals surface area contributed by atoms with E-state index in [1.165, 1.54) is 16.5 Å². The van der Waals surface area contributed by atoms with Crippen LogP contribution in [0.1, 0.15) is 30.5 Å². The third kappa shape index (κ3) is 4.07. The second-order valence-electron chi connectivity index (χ2n) is 7.19. The largest absolute Gasteiger partial charge is 0.370 e. The summed E-state index contributed by atoms with van der Waals surface area (Å²) in [6, 6.07) is 18.6. The Morgan fingerprint density at radius 3 is 2.72 bits per heavy atom. The van der Waals surface area contributed by atoms with Gasteiger partial charge in [-0.2, -0.15) is 5.10 Å². The number of rotatable bonds is 8. The summed E-state index contributed by atoms with van der Waals surface area (Å²) in [7, 11) is 0. The SMILES string of the molecule is C[C@@H](NCc1cn(CCC(N)=O)c2ccccc12)c1ccccc1-n1cccn1. The number of hydrogen-bond acceptors (Lipinski definition) is 3. The van der Waals surface area contributed by atoms with E-state index in [1.54, 1.807) is 6.20 Å². The summed E-state index contributed by atoms with van der Waals surface area (Å²) in [5, 5.41) is 9.21. The molecule has 4 aromatic rings. The maximum atomic E-state index is 11.2. The Balaban J connectivity index is 1.55. The van der Waals surface area contributed by atoms with Crippen molar-refractivity contribution in [1.82, 2.24) is 19.7 Å². The molecular formula is C23H25N5O. The van der Waals surface area contributed by atoms with Crippen molar-refractivity contribution in [2.45, 2.75) is 32.5 Å². The van der Waals surface area contributed by atoms with E-state index in [1.807, 2.05) is 35.1 Å². The van der Waals surface area contributed by atoms with E-state index in [9.17, 15) is 4.79 Å². The number of nitrogens with two attached hydrogens (primary N) is 1. The predicted molar refractivity (Wildman–Crippen MR) is 115 cm³/mol. The minimum Gasteiger partial charge on any atom is -0.370 e. The molecule has 0 radical (unpaired) electrons. The summed E-state index contributed by atoms with van der Waals surface area (Å²) in [5.74, 6) is -0.286. The molecule has 0 aliphatic heterocycles. The molecule has 2 aromatic carbocycles. The lowest BCUT2D eigenvalue weighted by atomic mass is 10.1. The molecule has 2 heterocycles. The molecule has 0 saturated heterocycles. The van der Waals surface area contributed by atoms with E-state index in [2.05, 4.69) is 58.4 Å². The van der Waals surface area contributed by atoms with Gasteiger partial charge in [0.15, 0.2) is 0 Å². The molecule has 1 amide bonds. The van der Waals surface area contributed by atoms with E-state index >= 15 is 0 Å². The molecule has 29 heavy (non-hydrogen) atoms. The number of nitrogens with one attached hydrogen (secondary N) is 1. The maximum Gasteiger partial charge on any atom is 0.219 e. The highest BCUT2D eigenvalue weighted by Gasteiger charge is 2.14. The molecule has 0 unspecified atom stereocenters. The van der Waals surface area contributed by atoms with Crippen LogP contribution in [0.4, 0.5) is 0 Å². The summed E-state index contributed by atoms with van der Waals surface area (Å²) in [6.07, 6.45) is 6.19. The fourth-order valence-electron chi connectivity index (χ4n) is 3.73. The lowest BCUT2D eigenvalue weighted by Gasteiger charge is -2.18. The molecule has 4 rings (SSSR count). The van der Waals surface area contributed by atoms with Gasteiger partial charge in [0.05, 0.1) is 5.69 Å².